The Bertz CT molecular complexity index is 617. The normalized spacial score (nSPS) is 10.2. The minimum atomic E-state index is -0.787. The van der Waals surface area contributed by atoms with Crippen LogP contribution in [0.5, 0.6) is 11.5 Å². The summed E-state index contributed by atoms with van der Waals surface area (Å²) in [6.45, 7) is 0. The quantitative estimate of drug-likeness (QED) is 0.868. The Morgan fingerprint density at radius 1 is 1.15 bits per heavy atom. The van der Waals surface area contributed by atoms with Gasteiger partial charge in [0.05, 0.1) is 0 Å². The molecule has 6 heteroatoms. The second kappa shape index (κ2) is 6.34. The molecule has 0 saturated heterocycles. The predicted octanol–water partition coefficient (Wildman–Crippen LogP) is 3.93. The van der Waals surface area contributed by atoms with Gasteiger partial charge >= 0.3 is 0 Å². The number of nitrogens with one attached hydrogen (secondary N) is 1. The first-order valence-electron chi connectivity index (χ1n) is 5.67. The van der Waals surface area contributed by atoms with Gasteiger partial charge in [-0.3, -0.25) is 4.79 Å². The number of benzene rings is 2. The molecule has 3 nitrogen and oxygen atoms in total. The Kier molecular flexibility index (Phi) is 4.53. The van der Waals surface area contributed by atoms with Gasteiger partial charge in [0, 0.05) is 11.8 Å². The number of ether oxygens (including phenoxy) is 1. The maximum atomic E-state index is 13.4. The van der Waals surface area contributed by atoms with Gasteiger partial charge in [0.15, 0.2) is 11.6 Å². The number of hydrogen-bond acceptors (Lipinski definition) is 2. The summed E-state index contributed by atoms with van der Waals surface area (Å²) in [4.78, 5) is 11.1. The van der Waals surface area contributed by atoms with Crippen LogP contribution in [0.4, 0.5) is 14.5 Å². The summed E-state index contributed by atoms with van der Waals surface area (Å²) in [5.74, 6) is -1.65. The van der Waals surface area contributed by atoms with Crippen molar-refractivity contribution in [2.24, 2.45) is 0 Å². The molecule has 0 radical (unpaired) electrons. The molecule has 0 saturated carbocycles. The van der Waals surface area contributed by atoms with E-state index in [2.05, 4.69) is 5.32 Å². The van der Waals surface area contributed by atoms with Crippen LogP contribution < -0.4 is 10.1 Å². The highest BCUT2D eigenvalue weighted by atomic mass is 35.5. The molecule has 20 heavy (non-hydrogen) atoms. The zero-order valence-corrected chi connectivity index (χ0v) is 11.0. The van der Waals surface area contributed by atoms with E-state index in [9.17, 15) is 13.6 Å². The lowest BCUT2D eigenvalue weighted by atomic mass is 10.3. The summed E-state index contributed by atoms with van der Waals surface area (Å²) in [6, 6.07) is 9.31. The highest BCUT2D eigenvalue weighted by Crippen LogP contribution is 2.25. The lowest BCUT2D eigenvalue weighted by Crippen LogP contribution is -2.12. The highest BCUT2D eigenvalue weighted by Gasteiger charge is 2.06. The monoisotopic (exact) mass is 297 g/mol. The molecule has 0 fully saturated rings. The molecule has 0 aliphatic carbocycles. The van der Waals surface area contributed by atoms with Gasteiger partial charge in [0.25, 0.3) is 0 Å². The fourth-order valence-corrected chi connectivity index (χ4v) is 1.55. The Morgan fingerprint density at radius 2 is 1.85 bits per heavy atom. The molecule has 0 heterocycles. The Hall–Kier alpha value is -2.14. The lowest BCUT2D eigenvalue weighted by Gasteiger charge is -2.08. The van der Waals surface area contributed by atoms with Crippen molar-refractivity contribution in [3.05, 3.63) is 54.1 Å². The molecule has 0 unspecified atom stereocenters. The maximum Gasteiger partial charge on any atom is 0.239 e. The van der Waals surface area contributed by atoms with Crippen LogP contribution >= 0.6 is 11.6 Å². The topological polar surface area (TPSA) is 38.3 Å². The van der Waals surface area contributed by atoms with Crippen molar-refractivity contribution in [3.63, 3.8) is 0 Å². The molecular weight excluding hydrogens is 288 g/mol. The number of carbonyl (C=O) groups excluding carboxylic acids is 1. The first-order valence-corrected chi connectivity index (χ1v) is 6.21. The zero-order valence-electron chi connectivity index (χ0n) is 10.2. The zero-order chi connectivity index (χ0) is 14.5. The van der Waals surface area contributed by atoms with Gasteiger partial charge in [0.2, 0.25) is 5.91 Å². The summed E-state index contributed by atoms with van der Waals surface area (Å²) in [5, 5.41) is 2.55. The molecule has 2 aromatic rings. The van der Waals surface area contributed by atoms with Crippen LogP contribution in [-0.4, -0.2) is 11.8 Å². The Labute approximate surface area is 119 Å². The number of carbonyl (C=O) groups is 1. The van der Waals surface area contributed by atoms with Gasteiger partial charge in [-0.15, -0.1) is 11.6 Å². The SMILES string of the molecule is O=C(CCl)Nc1ccc(Oc2ccc(F)cc2F)cc1. The molecule has 0 spiro atoms. The molecular formula is C14H10ClF2NO2. The second-order valence-electron chi connectivity index (χ2n) is 3.88. The molecule has 2 rings (SSSR count). The Morgan fingerprint density at radius 3 is 2.45 bits per heavy atom. The smallest absolute Gasteiger partial charge is 0.239 e. The van der Waals surface area contributed by atoms with E-state index < -0.39 is 11.6 Å². The van der Waals surface area contributed by atoms with Crippen molar-refractivity contribution < 1.29 is 18.3 Å². The number of halogens is 3. The van der Waals surface area contributed by atoms with E-state index in [1.165, 1.54) is 6.07 Å². The van der Waals surface area contributed by atoms with E-state index in [1.807, 2.05) is 0 Å². The highest BCUT2D eigenvalue weighted by molar-refractivity contribution is 6.29. The van der Waals surface area contributed by atoms with E-state index in [4.69, 9.17) is 16.3 Å². The molecule has 2 aromatic carbocycles. The van der Waals surface area contributed by atoms with Gasteiger partial charge < -0.3 is 10.1 Å². The van der Waals surface area contributed by atoms with Crippen LogP contribution in [0, 0.1) is 11.6 Å². The van der Waals surface area contributed by atoms with E-state index in [0.29, 0.717) is 11.4 Å². The number of alkyl halides is 1. The third kappa shape index (κ3) is 3.68. The van der Waals surface area contributed by atoms with E-state index in [0.717, 1.165) is 12.1 Å². The molecule has 0 aliphatic rings. The van der Waals surface area contributed by atoms with Crippen molar-refractivity contribution in [2.45, 2.75) is 0 Å². The number of anilines is 1. The van der Waals surface area contributed by atoms with Crippen LogP contribution in [0.15, 0.2) is 42.5 Å². The molecule has 0 atom stereocenters. The first kappa shape index (κ1) is 14.3. The van der Waals surface area contributed by atoms with Gasteiger partial charge in [-0.1, -0.05) is 0 Å². The predicted molar refractivity (Wildman–Crippen MR) is 72.2 cm³/mol. The third-order valence-corrected chi connectivity index (χ3v) is 2.62. The summed E-state index contributed by atoms with van der Waals surface area (Å²) in [6.07, 6.45) is 0. The van der Waals surface area contributed by atoms with Crippen molar-refractivity contribution in [1.29, 1.82) is 0 Å². The molecule has 104 valence electrons. The summed E-state index contributed by atoms with van der Waals surface area (Å²) >= 11 is 5.36. The lowest BCUT2D eigenvalue weighted by molar-refractivity contribution is -0.113. The van der Waals surface area contributed by atoms with Crippen molar-refractivity contribution >= 4 is 23.2 Å². The number of hydrogen-bond donors (Lipinski definition) is 1. The number of rotatable bonds is 4. The van der Waals surface area contributed by atoms with Crippen LogP contribution in [0.25, 0.3) is 0 Å². The van der Waals surface area contributed by atoms with E-state index >= 15 is 0 Å². The fourth-order valence-electron chi connectivity index (χ4n) is 1.49. The van der Waals surface area contributed by atoms with Crippen molar-refractivity contribution in [3.8, 4) is 11.5 Å². The van der Waals surface area contributed by atoms with Crippen molar-refractivity contribution in [1.82, 2.24) is 0 Å². The van der Waals surface area contributed by atoms with Gasteiger partial charge in [-0.25, -0.2) is 8.78 Å². The van der Waals surface area contributed by atoms with Crippen molar-refractivity contribution in [2.75, 3.05) is 11.2 Å². The molecule has 0 aromatic heterocycles. The molecule has 1 N–H and O–H groups in total. The van der Waals surface area contributed by atoms with Crippen LogP contribution in [-0.2, 0) is 4.79 Å². The third-order valence-electron chi connectivity index (χ3n) is 2.38. The molecule has 1 amide bonds. The largest absolute Gasteiger partial charge is 0.454 e. The summed E-state index contributed by atoms with van der Waals surface area (Å²) < 4.78 is 31.4. The van der Waals surface area contributed by atoms with Gasteiger partial charge in [-0.2, -0.15) is 0 Å². The van der Waals surface area contributed by atoms with Crippen LogP contribution in [0.1, 0.15) is 0 Å². The summed E-state index contributed by atoms with van der Waals surface area (Å²) in [7, 11) is 0. The second-order valence-corrected chi connectivity index (χ2v) is 4.15. The van der Waals surface area contributed by atoms with E-state index in [-0.39, 0.29) is 17.5 Å². The van der Waals surface area contributed by atoms with E-state index in [1.54, 1.807) is 24.3 Å². The molecule has 0 bridgehead atoms. The van der Waals surface area contributed by atoms with Gasteiger partial charge in [-0.05, 0) is 36.4 Å². The first-order chi connectivity index (χ1) is 9.58. The van der Waals surface area contributed by atoms with Crippen LogP contribution in [0.3, 0.4) is 0 Å². The number of amides is 1. The standard InChI is InChI=1S/C14H10ClF2NO2/c15-8-14(19)18-10-2-4-11(5-3-10)20-13-6-1-9(16)7-12(13)17/h1-7H,8H2,(H,18,19). The maximum absolute atomic E-state index is 13.4. The minimum Gasteiger partial charge on any atom is -0.454 e. The van der Waals surface area contributed by atoms with Crippen LogP contribution in [0.2, 0.25) is 0 Å². The fraction of sp³-hybridized carbons (Fsp3) is 0.0714. The van der Waals surface area contributed by atoms with Gasteiger partial charge in [0.1, 0.15) is 17.4 Å². The summed E-state index contributed by atoms with van der Waals surface area (Å²) in [5.41, 5.74) is 0.544. The average molecular weight is 298 g/mol. The average Bonchev–Trinajstić information content (AvgIpc) is 2.44. The minimum absolute atomic E-state index is 0.0797. The molecule has 0 aliphatic heterocycles. The Balaban J connectivity index is 2.08.